The first-order valence-corrected chi connectivity index (χ1v) is 7.33. The van der Waals surface area contributed by atoms with Crippen molar-refractivity contribution in [3.05, 3.63) is 48.0 Å². The van der Waals surface area contributed by atoms with E-state index in [2.05, 4.69) is 24.1 Å². The van der Waals surface area contributed by atoms with Gasteiger partial charge in [-0.2, -0.15) is 0 Å². The maximum absolute atomic E-state index is 12.2. The molecule has 3 heteroatoms. The van der Waals surface area contributed by atoms with E-state index in [4.69, 9.17) is 0 Å². The molecule has 0 aromatic heterocycles. The molecule has 1 N–H and O–H groups in total. The minimum atomic E-state index is -2.15. The van der Waals surface area contributed by atoms with E-state index in [9.17, 15) is 4.57 Å². The van der Waals surface area contributed by atoms with Crippen LogP contribution in [0.3, 0.4) is 0 Å². The maximum Gasteiger partial charge on any atom is 0.155 e. The molecule has 0 aliphatic carbocycles. The summed E-state index contributed by atoms with van der Waals surface area (Å²) in [6.45, 7) is 2.06. The maximum atomic E-state index is 12.2. The van der Waals surface area contributed by atoms with E-state index in [-0.39, 0.29) is 6.04 Å². The minimum Gasteiger partial charge on any atom is -0.306 e. The van der Waals surface area contributed by atoms with Crippen LogP contribution in [0.4, 0.5) is 0 Å². The average molecular weight is 221 g/mol. The molecule has 0 spiro atoms. The monoisotopic (exact) mass is 221 g/mol. The highest BCUT2D eigenvalue weighted by molar-refractivity contribution is 7.62. The molecule has 0 bridgehead atoms. The first-order chi connectivity index (χ1) is 7.20. The minimum absolute atomic E-state index is 0.164. The van der Waals surface area contributed by atoms with E-state index in [1.165, 1.54) is 5.56 Å². The predicted octanol–water partition coefficient (Wildman–Crippen LogP) is 3.19. The number of rotatable bonds is 3. The highest BCUT2D eigenvalue weighted by atomic mass is 31.2. The zero-order valence-electron chi connectivity index (χ0n) is 8.89. The Morgan fingerprint density at radius 3 is 2.40 bits per heavy atom. The van der Waals surface area contributed by atoms with Crippen LogP contribution in [-0.4, -0.2) is 12.3 Å². The topological polar surface area (TPSA) is 29.1 Å². The molecule has 1 aliphatic heterocycles. The highest BCUT2D eigenvalue weighted by Gasteiger charge is 2.24. The Labute approximate surface area is 90.8 Å². The Morgan fingerprint density at radius 1 is 1.20 bits per heavy atom. The van der Waals surface area contributed by atoms with Gasteiger partial charge in [-0.05, 0) is 12.5 Å². The predicted molar refractivity (Wildman–Crippen MR) is 64.5 cm³/mol. The van der Waals surface area contributed by atoms with E-state index in [0.29, 0.717) is 12.3 Å². The Hall–Kier alpha value is -0.850. The van der Waals surface area contributed by atoms with Gasteiger partial charge in [0.2, 0.25) is 0 Å². The molecule has 0 radical (unpaired) electrons. The van der Waals surface area contributed by atoms with Crippen LogP contribution in [0.5, 0.6) is 0 Å². The van der Waals surface area contributed by atoms with Crippen LogP contribution < -0.4 is 5.09 Å². The second-order valence-corrected chi connectivity index (χ2v) is 6.75. The standard InChI is InChI=1S/C12H16NOP/c1-11(12-7-3-2-4-8-12)13-15(14)9-5-6-10-15/h2-8,11H,9-10H2,1H3,(H,13,14)/t11-/m1/s1. The van der Waals surface area contributed by atoms with Gasteiger partial charge in [0, 0.05) is 18.4 Å². The van der Waals surface area contributed by atoms with Gasteiger partial charge >= 0.3 is 0 Å². The molecule has 0 saturated heterocycles. The molecule has 0 fully saturated rings. The lowest BCUT2D eigenvalue weighted by molar-refractivity contribution is 0.559. The van der Waals surface area contributed by atoms with Crippen molar-refractivity contribution in [2.75, 3.05) is 12.3 Å². The van der Waals surface area contributed by atoms with Crippen LogP contribution in [-0.2, 0) is 4.57 Å². The second-order valence-electron chi connectivity index (χ2n) is 3.99. The van der Waals surface area contributed by atoms with Crippen LogP contribution in [0.15, 0.2) is 42.5 Å². The Morgan fingerprint density at radius 2 is 1.80 bits per heavy atom. The van der Waals surface area contributed by atoms with Crippen LogP contribution in [0.2, 0.25) is 0 Å². The lowest BCUT2D eigenvalue weighted by Crippen LogP contribution is -2.16. The summed E-state index contributed by atoms with van der Waals surface area (Å²) in [5, 5.41) is 3.26. The third-order valence-electron chi connectivity index (χ3n) is 2.70. The number of hydrogen-bond acceptors (Lipinski definition) is 1. The van der Waals surface area contributed by atoms with Gasteiger partial charge in [-0.25, -0.2) is 0 Å². The molecule has 2 rings (SSSR count). The summed E-state index contributed by atoms with van der Waals surface area (Å²) in [6.07, 6.45) is 5.41. The van der Waals surface area contributed by atoms with Gasteiger partial charge in [0.1, 0.15) is 0 Å². The fourth-order valence-corrected chi connectivity index (χ4v) is 4.03. The van der Waals surface area contributed by atoms with Gasteiger partial charge in [0.15, 0.2) is 7.29 Å². The van der Waals surface area contributed by atoms with Crippen molar-refractivity contribution in [3.63, 3.8) is 0 Å². The number of hydrogen-bond donors (Lipinski definition) is 1. The second kappa shape index (κ2) is 4.34. The smallest absolute Gasteiger partial charge is 0.155 e. The zero-order valence-corrected chi connectivity index (χ0v) is 9.78. The lowest BCUT2D eigenvalue weighted by Gasteiger charge is -2.20. The molecule has 0 unspecified atom stereocenters. The Bertz CT molecular complexity index is 387. The van der Waals surface area contributed by atoms with Crippen molar-refractivity contribution < 1.29 is 4.57 Å². The van der Waals surface area contributed by atoms with Crippen molar-refractivity contribution in [2.24, 2.45) is 0 Å². The largest absolute Gasteiger partial charge is 0.306 e. The van der Waals surface area contributed by atoms with Crippen LogP contribution in [0.25, 0.3) is 0 Å². The summed E-state index contributed by atoms with van der Waals surface area (Å²) in [4.78, 5) is 0. The van der Waals surface area contributed by atoms with Crippen LogP contribution in [0.1, 0.15) is 18.5 Å². The van der Waals surface area contributed by atoms with Gasteiger partial charge in [-0.15, -0.1) is 0 Å². The molecule has 80 valence electrons. The summed E-state index contributed by atoms with van der Waals surface area (Å²) < 4.78 is 12.2. The summed E-state index contributed by atoms with van der Waals surface area (Å²) in [7, 11) is -2.15. The average Bonchev–Trinajstić information content (AvgIpc) is 2.66. The van der Waals surface area contributed by atoms with E-state index >= 15 is 0 Å². The molecule has 0 saturated carbocycles. The molecular formula is C12H16NOP. The van der Waals surface area contributed by atoms with Crippen molar-refractivity contribution in [1.29, 1.82) is 0 Å². The number of benzene rings is 1. The third kappa shape index (κ3) is 2.58. The fourth-order valence-electron chi connectivity index (χ4n) is 1.84. The Balaban J connectivity index is 2.04. The molecular weight excluding hydrogens is 205 g/mol. The molecule has 1 atom stereocenters. The Kier molecular flexibility index (Phi) is 3.08. The summed E-state index contributed by atoms with van der Waals surface area (Å²) in [5.74, 6) is 0. The highest BCUT2D eigenvalue weighted by Crippen LogP contribution is 2.46. The molecule has 15 heavy (non-hydrogen) atoms. The molecule has 1 aliphatic rings. The van der Waals surface area contributed by atoms with Crippen molar-refractivity contribution in [1.82, 2.24) is 5.09 Å². The third-order valence-corrected chi connectivity index (χ3v) is 5.16. The van der Waals surface area contributed by atoms with Crippen LogP contribution >= 0.6 is 7.29 Å². The van der Waals surface area contributed by atoms with Gasteiger partial charge in [0.05, 0.1) is 0 Å². The molecule has 1 aromatic carbocycles. The first kappa shape index (κ1) is 10.7. The molecule has 2 nitrogen and oxygen atoms in total. The van der Waals surface area contributed by atoms with E-state index in [1.807, 2.05) is 30.4 Å². The van der Waals surface area contributed by atoms with Gasteiger partial charge in [0.25, 0.3) is 0 Å². The first-order valence-electron chi connectivity index (χ1n) is 5.25. The quantitative estimate of drug-likeness (QED) is 0.627. The molecule has 1 heterocycles. The van der Waals surface area contributed by atoms with E-state index < -0.39 is 7.29 Å². The van der Waals surface area contributed by atoms with Crippen molar-refractivity contribution in [2.45, 2.75) is 13.0 Å². The van der Waals surface area contributed by atoms with Crippen LogP contribution in [0, 0.1) is 0 Å². The molecule has 1 aromatic rings. The van der Waals surface area contributed by atoms with E-state index in [0.717, 1.165) is 0 Å². The summed E-state index contributed by atoms with van der Waals surface area (Å²) in [6, 6.07) is 10.3. The molecule has 0 amide bonds. The lowest BCUT2D eigenvalue weighted by atomic mass is 10.1. The number of nitrogens with one attached hydrogen (secondary N) is 1. The fraction of sp³-hybridized carbons (Fsp3) is 0.333. The zero-order chi connectivity index (χ0) is 10.7. The summed E-state index contributed by atoms with van der Waals surface area (Å²) >= 11 is 0. The number of allylic oxidation sites excluding steroid dienone is 2. The van der Waals surface area contributed by atoms with E-state index in [1.54, 1.807) is 0 Å². The van der Waals surface area contributed by atoms with Gasteiger partial charge in [-0.1, -0.05) is 42.5 Å². The summed E-state index contributed by atoms with van der Waals surface area (Å²) in [5.41, 5.74) is 1.19. The van der Waals surface area contributed by atoms with Crippen molar-refractivity contribution >= 4 is 7.29 Å². The SMILES string of the molecule is C[C@@H](NP1(=O)CC=CC1)c1ccccc1. The van der Waals surface area contributed by atoms with Gasteiger partial charge < -0.3 is 4.57 Å². The normalized spacial score (nSPS) is 20.3. The van der Waals surface area contributed by atoms with Crippen molar-refractivity contribution in [3.8, 4) is 0 Å². The van der Waals surface area contributed by atoms with Gasteiger partial charge in [-0.3, -0.25) is 5.09 Å².